The summed E-state index contributed by atoms with van der Waals surface area (Å²) < 4.78 is 0. The zero-order valence-electron chi connectivity index (χ0n) is 22.1. The van der Waals surface area contributed by atoms with Gasteiger partial charge in [0, 0.05) is 5.92 Å². The Morgan fingerprint density at radius 2 is 0.842 bits per heavy atom. The van der Waals surface area contributed by atoms with Gasteiger partial charge < -0.3 is 25.5 Å². The first kappa shape index (κ1) is 34.0. The second kappa shape index (κ2) is 19.1. The van der Waals surface area contributed by atoms with Gasteiger partial charge in [-0.15, -0.1) is 0 Å². The summed E-state index contributed by atoms with van der Waals surface area (Å²) in [5, 5.41) is 44.1. The minimum atomic E-state index is -0.879. The fourth-order valence-electron chi connectivity index (χ4n) is 2.95. The maximum Gasteiger partial charge on any atom is 0.335 e. The first-order valence-electron chi connectivity index (χ1n) is 12.1. The lowest BCUT2D eigenvalue weighted by atomic mass is 9.89. The molecule has 206 valence electrons. The summed E-state index contributed by atoms with van der Waals surface area (Å²) in [5.74, 6) is -2.42. The Kier molecular flexibility index (Phi) is 17.1. The summed E-state index contributed by atoms with van der Waals surface area (Å²) in [6.07, 6.45) is -0.0392. The quantitative estimate of drug-likeness (QED) is 0.268. The van der Waals surface area contributed by atoms with Crippen molar-refractivity contribution < 1.29 is 39.9 Å². The average Bonchev–Trinajstić information content (AvgIpc) is 2.94. The third-order valence-electron chi connectivity index (χ3n) is 5.31. The highest BCUT2D eigenvalue weighted by Crippen LogP contribution is 2.17. The molecule has 5 N–H and O–H groups in total. The van der Waals surface area contributed by atoms with Gasteiger partial charge in [-0.05, 0) is 48.7 Å². The number of rotatable bonds is 7. The maximum atomic E-state index is 10.2. The molecule has 0 bridgehead atoms. The maximum absolute atomic E-state index is 10.2. The summed E-state index contributed by atoms with van der Waals surface area (Å²) in [5.41, 5.74) is 0.993. The SMILES string of the molecule is CCC(O)C(C)C(O)C(C)C.O=C(O)c1ccccc1.O=C(O)c1ccccc1.O=C(O)c1ccccc1. The lowest BCUT2D eigenvalue weighted by Crippen LogP contribution is -2.32. The molecule has 0 saturated heterocycles. The van der Waals surface area contributed by atoms with Crippen LogP contribution in [0.5, 0.6) is 0 Å². The van der Waals surface area contributed by atoms with Crippen LogP contribution in [0.4, 0.5) is 0 Å². The third-order valence-corrected chi connectivity index (χ3v) is 5.31. The number of carboxylic acid groups (broad SMARTS) is 3. The van der Waals surface area contributed by atoms with Crippen molar-refractivity contribution in [3.8, 4) is 0 Å². The highest BCUT2D eigenvalue weighted by Gasteiger charge is 2.23. The standard InChI is InChI=1S/C9H20O2.3C7H6O2/c1-5-8(10)7(4)9(11)6(2)3;3*8-7(9)6-4-2-1-3-5-6/h6-11H,5H2,1-4H3;3*1-5H,(H,8,9). The Balaban J connectivity index is 0.000000482. The van der Waals surface area contributed by atoms with Crippen LogP contribution in [0.3, 0.4) is 0 Å². The largest absolute Gasteiger partial charge is 0.478 e. The van der Waals surface area contributed by atoms with E-state index in [4.69, 9.17) is 15.3 Å². The van der Waals surface area contributed by atoms with Crippen molar-refractivity contribution in [1.82, 2.24) is 0 Å². The zero-order chi connectivity index (χ0) is 29.1. The van der Waals surface area contributed by atoms with Crippen LogP contribution in [-0.4, -0.2) is 55.6 Å². The fourth-order valence-corrected chi connectivity index (χ4v) is 2.95. The Labute approximate surface area is 223 Å². The molecular weight excluding hydrogens is 488 g/mol. The van der Waals surface area contributed by atoms with Gasteiger partial charge in [-0.3, -0.25) is 0 Å². The van der Waals surface area contributed by atoms with Crippen LogP contribution in [0.1, 0.15) is 65.2 Å². The normalized spacial score (nSPS) is 12.1. The van der Waals surface area contributed by atoms with Gasteiger partial charge in [0.25, 0.3) is 0 Å². The average molecular weight is 527 g/mol. The van der Waals surface area contributed by atoms with Crippen molar-refractivity contribution in [3.63, 3.8) is 0 Å². The number of aromatic carboxylic acids is 3. The van der Waals surface area contributed by atoms with Crippen LogP contribution < -0.4 is 0 Å². The molecule has 0 aromatic heterocycles. The molecule has 8 nitrogen and oxygen atoms in total. The van der Waals surface area contributed by atoms with Gasteiger partial charge in [0.1, 0.15) is 0 Å². The van der Waals surface area contributed by atoms with Gasteiger partial charge in [0.2, 0.25) is 0 Å². The van der Waals surface area contributed by atoms with Gasteiger partial charge in [0.15, 0.2) is 0 Å². The summed E-state index contributed by atoms with van der Waals surface area (Å²) in [4.78, 5) is 30.6. The molecule has 0 heterocycles. The van der Waals surface area contributed by atoms with E-state index in [-0.39, 0.29) is 24.0 Å². The van der Waals surface area contributed by atoms with E-state index >= 15 is 0 Å². The summed E-state index contributed by atoms with van der Waals surface area (Å²) >= 11 is 0. The third kappa shape index (κ3) is 14.5. The van der Waals surface area contributed by atoms with Crippen LogP contribution >= 0.6 is 0 Å². The Bertz CT molecular complexity index is 936. The van der Waals surface area contributed by atoms with Crippen LogP contribution in [0.2, 0.25) is 0 Å². The first-order chi connectivity index (χ1) is 17.9. The van der Waals surface area contributed by atoms with Crippen molar-refractivity contribution in [1.29, 1.82) is 0 Å². The molecule has 0 radical (unpaired) electrons. The van der Waals surface area contributed by atoms with Gasteiger partial charge in [0.05, 0.1) is 28.9 Å². The van der Waals surface area contributed by atoms with E-state index in [2.05, 4.69) is 0 Å². The molecular formula is C30H38O8. The van der Waals surface area contributed by atoms with Gasteiger partial charge in [-0.2, -0.15) is 0 Å². The number of hydrogen-bond acceptors (Lipinski definition) is 5. The second-order valence-electron chi connectivity index (χ2n) is 8.58. The summed E-state index contributed by atoms with van der Waals surface area (Å²) in [6, 6.07) is 24.9. The number of carboxylic acids is 3. The minimum absolute atomic E-state index is 0.0139. The topological polar surface area (TPSA) is 152 Å². The molecule has 38 heavy (non-hydrogen) atoms. The molecule has 0 fully saturated rings. The van der Waals surface area contributed by atoms with Gasteiger partial charge in [-0.1, -0.05) is 82.3 Å². The number of aliphatic hydroxyl groups excluding tert-OH is 2. The molecule has 3 rings (SSSR count). The lowest BCUT2D eigenvalue weighted by molar-refractivity contribution is -0.00323. The van der Waals surface area contributed by atoms with Crippen molar-refractivity contribution in [2.45, 2.75) is 46.3 Å². The molecule has 0 aliphatic heterocycles. The van der Waals surface area contributed by atoms with Crippen LogP contribution in [0.25, 0.3) is 0 Å². The Morgan fingerprint density at radius 1 is 0.579 bits per heavy atom. The molecule has 3 aromatic rings. The molecule has 3 aromatic carbocycles. The predicted molar refractivity (Wildman–Crippen MR) is 147 cm³/mol. The second-order valence-corrected chi connectivity index (χ2v) is 8.58. The van der Waals surface area contributed by atoms with E-state index in [0.29, 0.717) is 23.1 Å². The fraction of sp³-hybridized carbons (Fsp3) is 0.300. The van der Waals surface area contributed by atoms with Crippen LogP contribution in [-0.2, 0) is 0 Å². The summed E-state index contributed by atoms with van der Waals surface area (Å²) in [6.45, 7) is 7.74. The van der Waals surface area contributed by atoms with Gasteiger partial charge >= 0.3 is 17.9 Å². The van der Waals surface area contributed by atoms with E-state index in [9.17, 15) is 24.6 Å². The molecule has 3 unspecified atom stereocenters. The van der Waals surface area contributed by atoms with E-state index < -0.39 is 17.9 Å². The highest BCUT2D eigenvalue weighted by molar-refractivity contribution is 5.88. The van der Waals surface area contributed by atoms with Crippen molar-refractivity contribution >= 4 is 17.9 Å². The molecule has 0 saturated carbocycles. The Hall–Kier alpha value is -4.01. The minimum Gasteiger partial charge on any atom is -0.478 e. The zero-order valence-corrected chi connectivity index (χ0v) is 22.1. The van der Waals surface area contributed by atoms with E-state index in [1.54, 1.807) is 91.0 Å². The molecule has 0 spiro atoms. The number of hydrogen-bond donors (Lipinski definition) is 5. The summed E-state index contributed by atoms with van der Waals surface area (Å²) in [7, 11) is 0. The van der Waals surface area contributed by atoms with E-state index in [1.807, 2.05) is 27.7 Å². The molecule has 0 aliphatic carbocycles. The molecule has 0 aliphatic rings. The van der Waals surface area contributed by atoms with Gasteiger partial charge in [-0.25, -0.2) is 14.4 Å². The van der Waals surface area contributed by atoms with E-state index in [0.717, 1.165) is 0 Å². The predicted octanol–water partition coefficient (Wildman–Crippen LogP) is 5.56. The number of aliphatic hydroxyl groups is 2. The van der Waals surface area contributed by atoms with Crippen LogP contribution in [0, 0.1) is 11.8 Å². The molecule has 8 heteroatoms. The molecule has 0 amide bonds. The van der Waals surface area contributed by atoms with Crippen molar-refractivity contribution in [2.24, 2.45) is 11.8 Å². The first-order valence-corrected chi connectivity index (χ1v) is 12.1. The van der Waals surface area contributed by atoms with Crippen molar-refractivity contribution in [3.05, 3.63) is 108 Å². The smallest absolute Gasteiger partial charge is 0.335 e. The lowest BCUT2D eigenvalue weighted by Gasteiger charge is -2.25. The van der Waals surface area contributed by atoms with Crippen molar-refractivity contribution in [2.75, 3.05) is 0 Å². The highest BCUT2D eigenvalue weighted by atomic mass is 16.4. The number of benzene rings is 3. The Morgan fingerprint density at radius 3 is 1.00 bits per heavy atom. The van der Waals surface area contributed by atoms with Crippen LogP contribution in [0.15, 0.2) is 91.0 Å². The van der Waals surface area contributed by atoms with E-state index in [1.165, 1.54) is 0 Å². The number of carbonyl (C=O) groups is 3. The molecule has 3 atom stereocenters. The monoisotopic (exact) mass is 526 g/mol.